The molecule has 0 bridgehead atoms. The molecule has 0 saturated carbocycles. The standard InChI is InChI=1S/C24H27FN4O4S/c1-18-24(19(2)29(26-18)16-20-6-4-3-5-7-20)34(31,32)28-14-12-27(13-15-28)23(30)17-33-22-10-8-21(25)9-11-22/h3-11H,12-17H2,1-2H3. The van der Waals surface area contributed by atoms with Gasteiger partial charge in [0, 0.05) is 26.2 Å². The van der Waals surface area contributed by atoms with Gasteiger partial charge in [-0.3, -0.25) is 9.48 Å². The van der Waals surface area contributed by atoms with Crippen LogP contribution in [-0.2, 0) is 21.4 Å². The van der Waals surface area contributed by atoms with Gasteiger partial charge in [-0.05, 0) is 43.7 Å². The molecule has 8 nitrogen and oxygen atoms in total. The smallest absolute Gasteiger partial charge is 0.260 e. The predicted molar refractivity (Wildman–Crippen MR) is 124 cm³/mol. The maximum Gasteiger partial charge on any atom is 0.260 e. The van der Waals surface area contributed by atoms with E-state index in [4.69, 9.17) is 4.74 Å². The third-order valence-electron chi connectivity index (χ3n) is 5.86. The average molecular weight is 487 g/mol. The summed E-state index contributed by atoms with van der Waals surface area (Å²) in [6, 6.07) is 15.2. The van der Waals surface area contributed by atoms with Crippen LogP contribution in [0.3, 0.4) is 0 Å². The molecule has 10 heteroatoms. The van der Waals surface area contributed by atoms with Crippen LogP contribution in [0.1, 0.15) is 17.0 Å². The first-order valence-corrected chi connectivity index (χ1v) is 12.4. The lowest BCUT2D eigenvalue weighted by Gasteiger charge is -2.34. The molecule has 0 atom stereocenters. The number of aryl methyl sites for hydroxylation is 1. The number of carbonyl (C=O) groups excluding carboxylic acids is 1. The number of hydrogen-bond acceptors (Lipinski definition) is 5. The number of rotatable bonds is 7. The van der Waals surface area contributed by atoms with E-state index in [2.05, 4.69) is 5.10 Å². The van der Waals surface area contributed by atoms with Gasteiger partial charge < -0.3 is 9.64 Å². The first-order valence-electron chi connectivity index (χ1n) is 11.0. The maximum absolute atomic E-state index is 13.4. The Morgan fingerprint density at radius 3 is 2.29 bits per heavy atom. The second kappa shape index (κ2) is 9.94. The summed E-state index contributed by atoms with van der Waals surface area (Å²) in [5, 5.41) is 4.47. The van der Waals surface area contributed by atoms with E-state index in [9.17, 15) is 17.6 Å². The number of aromatic nitrogens is 2. The van der Waals surface area contributed by atoms with E-state index in [1.807, 2.05) is 30.3 Å². The molecular formula is C24H27FN4O4S. The van der Waals surface area contributed by atoms with Crippen molar-refractivity contribution in [1.82, 2.24) is 19.0 Å². The van der Waals surface area contributed by atoms with E-state index in [0.29, 0.717) is 23.7 Å². The number of carbonyl (C=O) groups is 1. The average Bonchev–Trinajstić information content (AvgIpc) is 3.12. The fraction of sp³-hybridized carbons (Fsp3) is 0.333. The van der Waals surface area contributed by atoms with Gasteiger partial charge in [0.1, 0.15) is 16.5 Å². The van der Waals surface area contributed by atoms with E-state index in [-0.39, 0.29) is 49.4 Å². The third-order valence-corrected chi connectivity index (χ3v) is 8.01. The van der Waals surface area contributed by atoms with Gasteiger partial charge in [-0.15, -0.1) is 0 Å². The van der Waals surface area contributed by atoms with Gasteiger partial charge >= 0.3 is 0 Å². The van der Waals surface area contributed by atoms with Gasteiger partial charge in [-0.25, -0.2) is 12.8 Å². The van der Waals surface area contributed by atoms with Crippen LogP contribution >= 0.6 is 0 Å². The van der Waals surface area contributed by atoms with E-state index >= 15 is 0 Å². The lowest BCUT2D eigenvalue weighted by atomic mass is 10.2. The zero-order valence-corrected chi connectivity index (χ0v) is 20.0. The summed E-state index contributed by atoms with van der Waals surface area (Å²) in [6.07, 6.45) is 0. The molecule has 0 radical (unpaired) electrons. The summed E-state index contributed by atoms with van der Waals surface area (Å²) < 4.78 is 48.4. The number of nitrogens with zero attached hydrogens (tertiary/aromatic N) is 4. The fourth-order valence-electron chi connectivity index (χ4n) is 4.04. The molecule has 4 rings (SSSR count). The quantitative estimate of drug-likeness (QED) is 0.513. The van der Waals surface area contributed by atoms with Gasteiger partial charge in [0.05, 0.1) is 17.9 Å². The van der Waals surface area contributed by atoms with Gasteiger partial charge in [0.15, 0.2) is 6.61 Å². The summed E-state index contributed by atoms with van der Waals surface area (Å²) in [6.45, 7) is 4.67. The van der Waals surface area contributed by atoms with Crippen molar-refractivity contribution in [3.8, 4) is 5.75 Å². The van der Waals surface area contributed by atoms with E-state index in [1.54, 1.807) is 23.4 Å². The topological polar surface area (TPSA) is 84.7 Å². The normalized spacial score (nSPS) is 14.9. The largest absolute Gasteiger partial charge is 0.484 e. The molecule has 0 N–H and O–H groups in total. The Bertz CT molecular complexity index is 1250. The number of benzene rings is 2. The lowest BCUT2D eigenvalue weighted by Crippen LogP contribution is -2.51. The summed E-state index contributed by atoms with van der Waals surface area (Å²) in [5.74, 6) is -0.231. The van der Waals surface area contributed by atoms with Crippen molar-refractivity contribution in [2.75, 3.05) is 32.8 Å². The van der Waals surface area contributed by atoms with Gasteiger partial charge in [-0.1, -0.05) is 30.3 Å². The zero-order valence-electron chi connectivity index (χ0n) is 19.1. The highest BCUT2D eigenvalue weighted by Crippen LogP contribution is 2.25. The minimum atomic E-state index is -3.76. The molecule has 0 unspecified atom stereocenters. The van der Waals surface area contributed by atoms with E-state index in [0.717, 1.165) is 5.56 Å². The van der Waals surface area contributed by atoms with Crippen LogP contribution in [0.2, 0.25) is 0 Å². The van der Waals surface area contributed by atoms with Crippen LogP contribution in [-0.4, -0.2) is 66.1 Å². The van der Waals surface area contributed by atoms with Gasteiger partial charge in [-0.2, -0.15) is 9.40 Å². The molecular weight excluding hydrogens is 459 g/mol. The summed E-state index contributed by atoms with van der Waals surface area (Å²) >= 11 is 0. The van der Waals surface area contributed by atoms with Crippen molar-refractivity contribution in [2.24, 2.45) is 0 Å². The molecule has 1 fully saturated rings. The Labute approximate surface area is 198 Å². The number of halogens is 1. The Morgan fingerprint density at radius 2 is 1.65 bits per heavy atom. The van der Waals surface area contributed by atoms with E-state index in [1.165, 1.54) is 28.6 Å². The van der Waals surface area contributed by atoms with Crippen molar-refractivity contribution >= 4 is 15.9 Å². The summed E-state index contributed by atoms with van der Waals surface area (Å²) in [4.78, 5) is 14.3. The SMILES string of the molecule is Cc1nn(Cc2ccccc2)c(C)c1S(=O)(=O)N1CCN(C(=O)COc2ccc(F)cc2)CC1. The Hall–Kier alpha value is -3.24. The monoisotopic (exact) mass is 486 g/mol. The van der Waals surface area contributed by atoms with E-state index < -0.39 is 10.0 Å². The molecule has 1 amide bonds. The molecule has 2 aromatic carbocycles. The Kier molecular flexibility index (Phi) is 6.99. The van der Waals surface area contributed by atoms with Crippen molar-refractivity contribution in [3.05, 3.63) is 77.4 Å². The maximum atomic E-state index is 13.4. The molecule has 1 aliphatic heterocycles. The molecule has 1 aromatic heterocycles. The highest BCUT2D eigenvalue weighted by Gasteiger charge is 2.34. The van der Waals surface area contributed by atoms with Gasteiger partial charge in [0.2, 0.25) is 10.0 Å². The molecule has 2 heterocycles. The van der Waals surface area contributed by atoms with Crippen LogP contribution < -0.4 is 4.74 Å². The number of hydrogen-bond donors (Lipinski definition) is 0. The summed E-state index contributed by atoms with van der Waals surface area (Å²) in [7, 11) is -3.76. The highest BCUT2D eigenvalue weighted by molar-refractivity contribution is 7.89. The van der Waals surface area contributed by atoms with Gasteiger partial charge in [0.25, 0.3) is 5.91 Å². The second-order valence-electron chi connectivity index (χ2n) is 8.17. The molecule has 1 saturated heterocycles. The lowest BCUT2D eigenvalue weighted by molar-refractivity contribution is -0.134. The minimum Gasteiger partial charge on any atom is -0.484 e. The highest BCUT2D eigenvalue weighted by atomic mass is 32.2. The van der Waals surface area contributed by atoms with Crippen LogP contribution in [0.25, 0.3) is 0 Å². The molecule has 0 aliphatic carbocycles. The van der Waals surface area contributed by atoms with Crippen LogP contribution in [0, 0.1) is 19.7 Å². The van der Waals surface area contributed by atoms with Crippen molar-refractivity contribution in [1.29, 1.82) is 0 Å². The first kappa shape index (κ1) is 23.9. The number of amides is 1. The number of sulfonamides is 1. The Morgan fingerprint density at radius 1 is 1.00 bits per heavy atom. The fourth-order valence-corrected chi connectivity index (χ4v) is 5.83. The predicted octanol–water partition coefficient (Wildman–Crippen LogP) is 2.60. The Balaban J connectivity index is 1.39. The number of ether oxygens (including phenoxy) is 1. The molecule has 1 aliphatic rings. The molecule has 0 spiro atoms. The molecule has 180 valence electrons. The van der Waals surface area contributed by atoms with Crippen LogP contribution in [0.4, 0.5) is 4.39 Å². The van der Waals surface area contributed by atoms with Crippen molar-refractivity contribution in [3.63, 3.8) is 0 Å². The first-order chi connectivity index (χ1) is 16.3. The van der Waals surface area contributed by atoms with Crippen molar-refractivity contribution < 1.29 is 22.3 Å². The molecule has 34 heavy (non-hydrogen) atoms. The van der Waals surface area contributed by atoms with Crippen LogP contribution in [0.5, 0.6) is 5.75 Å². The molecule has 3 aromatic rings. The summed E-state index contributed by atoms with van der Waals surface area (Å²) in [5.41, 5.74) is 2.08. The third kappa shape index (κ3) is 5.13. The zero-order chi connectivity index (χ0) is 24.3. The number of piperazine rings is 1. The van der Waals surface area contributed by atoms with Crippen molar-refractivity contribution in [2.45, 2.75) is 25.3 Å². The second-order valence-corrected chi connectivity index (χ2v) is 10.0. The minimum absolute atomic E-state index is 0.188. The van der Waals surface area contributed by atoms with Crippen LogP contribution in [0.15, 0.2) is 59.5 Å².